The Morgan fingerprint density at radius 2 is 2.23 bits per heavy atom. The SMILES string of the molecule is CC(C)n1cnc2nc(COc3ccc(Cl)cc3NC(=O)[C@@H]3CCCO3)cc(=O)n21. The second kappa shape index (κ2) is 8.45. The smallest absolute Gasteiger partial charge is 0.274 e. The first-order valence-electron chi connectivity index (χ1n) is 9.73. The summed E-state index contributed by atoms with van der Waals surface area (Å²) in [5.74, 6) is 0.481. The largest absolute Gasteiger partial charge is 0.485 e. The molecule has 1 saturated heterocycles. The van der Waals surface area contributed by atoms with E-state index in [0.29, 0.717) is 41.0 Å². The zero-order chi connectivity index (χ0) is 21.3. The summed E-state index contributed by atoms with van der Waals surface area (Å²) in [6, 6.07) is 6.41. The Labute approximate surface area is 177 Å². The van der Waals surface area contributed by atoms with Gasteiger partial charge in [-0.25, -0.2) is 4.98 Å². The van der Waals surface area contributed by atoms with Crippen molar-refractivity contribution in [1.29, 1.82) is 0 Å². The van der Waals surface area contributed by atoms with Crippen LogP contribution in [0.1, 0.15) is 38.4 Å². The third kappa shape index (κ3) is 4.17. The van der Waals surface area contributed by atoms with Crippen molar-refractivity contribution in [3.05, 3.63) is 51.7 Å². The number of halogens is 1. The van der Waals surface area contributed by atoms with Crippen molar-refractivity contribution < 1.29 is 14.3 Å². The maximum absolute atomic E-state index is 12.5. The number of carbonyl (C=O) groups excluding carboxylic acids is 1. The fourth-order valence-corrected chi connectivity index (χ4v) is 3.46. The maximum atomic E-state index is 12.5. The van der Waals surface area contributed by atoms with Crippen LogP contribution in [0.5, 0.6) is 5.75 Å². The molecule has 0 aliphatic carbocycles. The van der Waals surface area contributed by atoms with Crippen LogP contribution in [0.25, 0.3) is 5.78 Å². The highest BCUT2D eigenvalue weighted by Gasteiger charge is 2.24. The molecule has 1 N–H and O–H groups in total. The normalized spacial score (nSPS) is 16.3. The molecule has 158 valence electrons. The zero-order valence-corrected chi connectivity index (χ0v) is 17.4. The van der Waals surface area contributed by atoms with Gasteiger partial charge in [0.2, 0.25) is 0 Å². The van der Waals surface area contributed by atoms with Crippen LogP contribution in [0.15, 0.2) is 35.4 Å². The van der Waals surface area contributed by atoms with Crippen molar-refractivity contribution in [2.45, 2.75) is 45.4 Å². The molecule has 1 atom stereocenters. The lowest BCUT2D eigenvalue weighted by Gasteiger charge is -2.15. The van der Waals surface area contributed by atoms with Crippen molar-refractivity contribution in [2.24, 2.45) is 0 Å². The van der Waals surface area contributed by atoms with E-state index in [1.54, 1.807) is 29.2 Å². The molecule has 0 unspecified atom stereocenters. The number of benzene rings is 1. The molecule has 0 saturated carbocycles. The quantitative estimate of drug-likeness (QED) is 0.644. The zero-order valence-electron chi connectivity index (χ0n) is 16.7. The predicted molar refractivity (Wildman–Crippen MR) is 111 cm³/mol. The van der Waals surface area contributed by atoms with Gasteiger partial charge >= 0.3 is 0 Å². The summed E-state index contributed by atoms with van der Waals surface area (Å²) in [7, 11) is 0. The first-order valence-corrected chi connectivity index (χ1v) is 10.1. The molecule has 0 radical (unpaired) electrons. The molecule has 0 bridgehead atoms. The number of rotatable bonds is 6. The Morgan fingerprint density at radius 3 is 2.97 bits per heavy atom. The van der Waals surface area contributed by atoms with Crippen molar-refractivity contribution >= 4 is 29.0 Å². The Kier molecular flexibility index (Phi) is 5.74. The number of ether oxygens (including phenoxy) is 2. The molecule has 3 heterocycles. The van der Waals surface area contributed by atoms with Gasteiger partial charge in [-0.3, -0.25) is 14.3 Å². The van der Waals surface area contributed by atoms with Crippen LogP contribution in [0.3, 0.4) is 0 Å². The fourth-order valence-electron chi connectivity index (χ4n) is 3.29. The molecule has 9 nitrogen and oxygen atoms in total. The van der Waals surface area contributed by atoms with E-state index >= 15 is 0 Å². The van der Waals surface area contributed by atoms with E-state index in [4.69, 9.17) is 21.1 Å². The number of anilines is 1. The minimum Gasteiger partial charge on any atom is -0.485 e. The Bertz CT molecular complexity index is 1130. The van der Waals surface area contributed by atoms with Crippen LogP contribution >= 0.6 is 11.6 Å². The van der Waals surface area contributed by atoms with Gasteiger partial charge in [0.15, 0.2) is 0 Å². The van der Waals surface area contributed by atoms with E-state index in [1.807, 2.05) is 13.8 Å². The summed E-state index contributed by atoms with van der Waals surface area (Å²) in [4.78, 5) is 33.5. The first kappa shape index (κ1) is 20.4. The molecule has 3 aromatic rings. The summed E-state index contributed by atoms with van der Waals surface area (Å²) in [5.41, 5.74) is 0.623. The minimum atomic E-state index is -0.475. The van der Waals surface area contributed by atoms with Crippen LogP contribution in [-0.4, -0.2) is 37.8 Å². The van der Waals surface area contributed by atoms with Crippen molar-refractivity contribution in [3.63, 3.8) is 0 Å². The molecule has 1 aromatic carbocycles. The minimum absolute atomic E-state index is 0.0325. The molecule has 10 heteroatoms. The number of fused-ring (bicyclic) bond motifs is 1. The Balaban J connectivity index is 1.53. The molecular weight excluding hydrogens is 410 g/mol. The van der Waals surface area contributed by atoms with E-state index in [1.165, 1.54) is 10.6 Å². The molecular formula is C20H22ClN5O4. The molecule has 4 rings (SSSR count). The Hall–Kier alpha value is -2.91. The average Bonchev–Trinajstić information content (AvgIpc) is 3.37. The van der Waals surface area contributed by atoms with Crippen LogP contribution in [-0.2, 0) is 16.1 Å². The summed E-state index contributed by atoms with van der Waals surface area (Å²) < 4.78 is 14.4. The number of hydrogen-bond donors (Lipinski definition) is 1. The summed E-state index contributed by atoms with van der Waals surface area (Å²) in [6.07, 6.45) is 2.64. The fraction of sp³-hybridized carbons (Fsp3) is 0.400. The van der Waals surface area contributed by atoms with Crippen LogP contribution < -0.4 is 15.6 Å². The lowest BCUT2D eigenvalue weighted by molar-refractivity contribution is -0.124. The van der Waals surface area contributed by atoms with E-state index < -0.39 is 6.10 Å². The first-order chi connectivity index (χ1) is 14.4. The summed E-state index contributed by atoms with van der Waals surface area (Å²) in [5, 5.41) is 3.27. The molecule has 1 aliphatic heterocycles. The summed E-state index contributed by atoms with van der Waals surface area (Å²) >= 11 is 6.09. The highest BCUT2D eigenvalue weighted by Crippen LogP contribution is 2.29. The third-order valence-electron chi connectivity index (χ3n) is 4.78. The molecule has 2 aromatic heterocycles. The van der Waals surface area contributed by atoms with Crippen LogP contribution in [0.4, 0.5) is 5.69 Å². The van der Waals surface area contributed by atoms with E-state index in [-0.39, 0.29) is 24.1 Å². The van der Waals surface area contributed by atoms with Crippen molar-refractivity contribution in [3.8, 4) is 5.75 Å². The number of amides is 1. The number of nitrogens with zero attached hydrogens (tertiary/aromatic N) is 4. The van der Waals surface area contributed by atoms with Gasteiger partial charge in [0, 0.05) is 23.7 Å². The monoisotopic (exact) mass is 431 g/mol. The number of hydrogen-bond acceptors (Lipinski definition) is 6. The lowest BCUT2D eigenvalue weighted by atomic mass is 10.2. The van der Waals surface area contributed by atoms with Gasteiger partial charge in [-0.1, -0.05) is 11.6 Å². The van der Waals surface area contributed by atoms with Gasteiger partial charge in [-0.15, -0.1) is 0 Å². The van der Waals surface area contributed by atoms with Gasteiger partial charge in [0.1, 0.15) is 24.8 Å². The predicted octanol–water partition coefficient (Wildman–Crippen LogP) is 2.82. The van der Waals surface area contributed by atoms with Crippen LogP contribution in [0, 0.1) is 0 Å². The second-order valence-corrected chi connectivity index (χ2v) is 7.77. The number of aromatic nitrogens is 4. The standard InChI is InChI=1S/C20H22ClN5O4/c1-12(2)25-11-22-20-23-14(9-18(27)26(20)25)10-30-16-6-5-13(21)8-15(16)24-19(28)17-4-3-7-29-17/h5-6,8-9,11-12,17H,3-4,7,10H2,1-2H3,(H,24,28)/t17-/m0/s1. The van der Waals surface area contributed by atoms with Gasteiger partial charge in [0.05, 0.1) is 11.4 Å². The maximum Gasteiger partial charge on any atom is 0.274 e. The molecule has 1 fully saturated rings. The molecule has 1 amide bonds. The second-order valence-electron chi connectivity index (χ2n) is 7.34. The van der Waals surface area contributed by atoms with E-state index in [2.05, 4.69) is 15.3 Å². The van der Waals surface area contributed by atoms with Crippen molar-refractivity contribution in [2.75, 3.05) is 11.9 Å². The highest BCUT2D eigenvalue weighted by atomic mass is 35.5. The van der Waals surface area contributed by atoms with Crippen molar-refractivity contribution in [1.82, 2.24) is 19.2 Å². The molecule has 1 aliphatic rings. The van der Waals surface area contributed by atoms with Gasteiger partial charge in [-0.2, -0.15) is 9.50 Å². The van der Waals surface area contributed by atoms with Gasteiger partial charge in [0.25, 0.3) is 17.2 Å². The third-order valence-corrected chi connectivity index (χ3v) is 5.02. The van der Waals surface area contributed by atoms with E-state index in [0.717, 1.165) is 6.42 Å². The summed E-state index contributed by atoms with van der Waals surface area (Å²) in [6.45, 7) is 4.52. The topological polar surface area (TPSA) is 99.8 Å². The molecule has 0 spiro atoms. The van der Waals surface area contributed by atoms with E-state index in [9.17, 15) is 9.59 Å². The van der Waals surface area contributed by atoms with Gasteiger partial charge in [-0.05, 0) is 44.9 Å². The van der Waals surface area contributed by atoms with Gasteiger partial charge < -0.3 is 14.8 Å². The number of nitrogens with one attached hydrogen (secondary N) is 1. The molecule has 30 heavy (non-hydrogen) atoms. The van der Waals surface area contributed by atoms with Crippen LogP contribution in [0.2, 0.25) is 5.02 Å². The Morgan fingerprint density at radius 1 is 1.40 bits per heavy atom. The lowest BCUT2D eigenvalue weighted by Crippen LogP contribution is -2.27. The average molecular weight is 432 g/mol. The highest BCUT2D eigenvalue weighted by molar-refractivity contribution is 6.31. The number of carbonyl (C=O) groups is 1.